The molecule has 1 rings (SSSR count). The molecule has 1 aliphatic rings. The molecule has 0 atom stereocenters. The molecule has 0 aliphatic carbocycles. The van der Waals surface area contributed by atoms with Gasteiger partial charge in [-0.25, -0.2) is 0 Å². The Hall–Kier alpha value is 1.17. The second-order valence-corrected chi connectivity index (χ2v) is 6.17. The second-order valence-electron chi connectivity index (χ2n) is 2.71. The fourth-order valence-electron chi connectivity index (χ4n) is 1.16. The average molecular weight is 233 g/mol. The fraction of sp³-hybridized carbons (Fsp3) is 1.00. The molecule has 0 aromatic rings. The van der Waals surface area contributed by atoms with Gasteiger partial charge in [0.2, 0.25) is 0 Å². The van der Waals surface area contributed by atoms with Gasteiger partial charge in [-0.3, -0.25) is 0 Å². The molecule has 0 aromatic carbocycles. The molecule has 1 fully saturated rings. The van der Waals surface area contributed by atoms with Crippen LogP contribution in [0.4, 0.5) is 0 Å². The monoisotopic (exact) mass is 232 g/mol. The van der Waals surface area contributed by atoms with Crippen LogP contribution in [-0.4, -0.2) is 37.7 Å². The zero-order chi connectivity index (χ0) is 7.94. The minimum absolute atomic E-state index is 0.103. The third-order valence-electron chi connectivity index (χ3n) is 1.76. The smallest absolute Gasteiger partial charge is 0.350 e. The number of halogens is 1. The Morgan fingerprint density at radius 3 is 2.64 bits per heavy atom. The van der Waals surface area contributed by atoms with Gasteiger partial charge < -0.3 is 22.4 Å². The first-order valence-corrected chi connectivity index (χ1v) is 9.12. The molecule has 62 valence electrons. The lowest BCUT2D eigenvalue weighted by Crippen LogP contribution is -2.06. The van der Waals surface area contributed by atoms with E-state index in [4.69, 9.17) is 9.47 Å². The molecule has 0 spiro atoms. The molecule has 0 N–H and O–H groups in total. The van der Waals surface area contributed by atoms with Crippen LogP contribution < -0.4 is 0 Å². The Labute approximate surface area is 83.6 Å². The third kappa shape index (κ3) is 4.67. The third-order valence-corrected chi connectivity index (χ3v) is 4.21. The lowest BCUT2D eigenvalue weighted by molar-refractivity contribution is -0.0477. The van der Waals surface area contributed by atoms with Crippen molar-refractivity contribution in [2.24, 2.45) is 0 Å². The van der Waals surface area contributed by atoms with E-state index in [1.54, 1.807) is 0 Å². The van der Waals surface area contributed by atoms with Crippen LogP contribution in [0.25, 0.3) is 0 Å². The van der Waals surface area contributed by atoms with Crippen molar-refractivity contribution in [3.63, 3.8) is 0 Å². The Morgan fingerprint density at radius 1 is 1.27 bits per heavy atom. The van der Waals surface area contributed by atoms with Crippen LogP contribution in [0.1, 0.15) is 19.3 Å². The summed E-state index contributed by atoms with van der Waals surface area (Å²) in [6.45, 7) is 1.58. The van der Waals surface area contributed by atoms with E-state index < -0.39 is 0 Å². The van der Waals surface area contributed by atoms with E-state index in [0.29, 0.717) is 0 Å². The maximum atomic E-state index is 5.31. The van der Waals surface area contributed by atoms with Crippen LogP contribution in [0.15, 0.2) is 0 Å². The minimum Gasteiger partial charge on any atom is -0.350 e. The second kappa shape index (κ2) is 6.66. The first-order chi connectivity index (χ1) is 5.43. The predicted molar refractivity (Wildman–Crippen MR) is 49.0 cm³/mol. The van der Waals surface area contributed by atoms with E-state index >= 15 is 0 Å². The van der Waals surface area contributed by atoms with E-state index in [0.717, 1.165) is 19.6 Å². The van der Waals surface area contributed by atoms with Crippen molar-refractivity contribution in [2.75, 3.05) is 13.2 Å². The lowest BCUT2D eigenvalue weighted by atomic mass is 10.2. The minimum atomic E-state index is 0.103. The molecular formula is C7H13BrMgO2. The molecule has 4 heteroatoms. The van der Waals surface area contributed by atoms with Crippen molar-refractivity contribution in [3.05, 3.63) is 0 Å². The molecular weight excluding hydrogens is 220 g/mol. The molecule has 0 radical (unpaired) electrons. The summed E-state index contributed by atoms with van der Waals surface area (Å²) in [5, 5.41) is 0. The van der Waals surface area contributed by atoms with Crippen LogP contribution in [0.2, 0.25) is 4.55 Å². The van der Waals surface area contributed by atoms with E-state index in [2.05, 4.69) is 12.9 Å². The SMILES string of the molecule is [Br][Mg][CH2]CCCC1OCCO1. The molecule has 0 amide bonds. The standard InChI is InChI=1S/C7H13O2.BrH.Mg/c1-2-3-4-7-8-5-6-9-7;;/h7H,1-6H2;1H;/q;;+1/p-1. The van der Waals surface area contributed by atoms with Gasteiger partial charge in [-0.2, -0.15) is 0 Å². The largest absolute Gasteiger partial charge is 0.468 e. The molecule has 0 unspecified atom stereocenters. The Balaban J connectivity index is 1.86. The molecule has 2 nitrogen and oxygen atoms in total. The van der Waals surface area contributed by atoms with Crippen LogP contribution in [0, 0.1) is 0 Å². The van der Waals surface area contributed by atoms with Gasteiger partial charge in [-0.15, -0.1) is 4.55 Å². The topological polar surface area (TPSA) is 18.5 Å². The van der Waals surface area contributed by atoms with E-state index in [1.165, 1.54) is 17.4 Å². The summed E-state index contributed by atoms with van der Waals surface area (Å²) in [4.78, 5) is 0. The maximum absolute atomic E-state index is 5.31. The Kier molecular flexibility index (Phi) is 6.20. The molecule has 1 saturated heterocycles. The van der Waals surface area contributed by atoms with Crippen LogP contribution >= 0.6 is 12.9 Å². The van der Waals surface area contributed by atoms with Gasteiger partial charge in [0.1, 0.15) is 0 Å². The number of unbranched alkanes of at least 4 members (excludes halogenated alkanes) is 1. The Bertz CT molecular complexity index is 96.4. The zero-order valence-corrected chi connectivity index (χ0v) is 9.72. The molecule has 0 saturated carbocycles. The van der Waals surface area contributed by atoms with Crippen LogP contribution in [0.5, 0.6) is 0 Å². The van der Waals surface area contributed by atoms with E-state index in [-0.39, 0.29) is 24.5 Å². The van der Waals surface area contributed by atoms with Crippen LogP contribution in [0.3, 0.4) is 0 Å². The first-order valence-electron chi connectivity index (χ1n) is 4.22. The van der Waals surface area contributed by atoms with Crippen molar-refractivity contribution in [1.82, 2.24) is 0 Å². The summed E-state index contributed by atoms with van der Waals surface area (Å²) < 4.78 is 12.0. The summed E-state index contributed by atoms with van der Waals surface area (Å²) in [6.07, 6.45) is 3.79. The normalized spacial score (nSPS) is 18.6. The lowest BCUT2D eigenvalue weighted by Gasteiger charge is -2.07. The van der Waals surface area contributed by atoms with Crippen molar-refractivity contribution in [1.29, 1.82) is 0 Å². The number of rotatable bonds is 5. The maximum Gasteiger partial charge on any atom is 0.468 e. The van der Waals surface area contributed by atoms with Crippen molar-refractivity contribution in [2.45, 2.75) is 30.1 Å². The van der Waals surface area contributed by atoms with Gasteiger partial charge in [-0.05, 0) is 6.42 Å². The number of hydrogen-bond acceptors (Lipinski definition) is 2. The highest BCUT2D eigenvalue weighted by atomic mass is 79.9. The van der Waals surface area contributed by atoms with E-state index in [1.807, 2.05) is 0 Å². The highest BCUT2D eigenvalue weighted by Gasteiger charge is 2.14. The molecule has 0 bridgehead atoms. The molecule has 1 aliphatic heterocycles. The molecule has 11 heavy (non-hydrogen) atoms. The zero-order valence-electron chi connectivity index (χ0n) is 6.72. The van der Waals surface area contributed by atoms with Crippen LogP contribution in [-0.2, 0) is 9.47 Å². The van der Waals surface area contributed by atoms with Gasteiger partial charge in [0.25, 0.3) is 0 Å². The van der Waals surface area contributed by atoms with Crippen molar-refractivity contribution < 1.29 is 9.47 Å². The molecule has 1 heterocycles. The van der Waals surface area contributed by atoms with Gasteiger partial charge in [0, 0.05) is 0 Å². The van der Waals surface area contributed by atoms with Crippen molar-refractivity contribution >= 4 is 31.1 Å². The van der Waals surface area contributed by atoms with Gasteiger partial charge in [0.15, 0.2) is 6.29 Å². The summed E-state index contributed by atoms with van der Waals surface area (Å²) >= 11 is 3.64. The quantitative estimate of drug-likeness (QED) is 0.534. The Morgan fingerprint density at radius 2 is 2.00 bits per heavy atom. The fourth-order valence-corrected chi connectivity index (χ4v) is 2.89. The number of hydrogen-bond donors (Lipinski definition) is 0. The average Bonchev–Trinajstić information content (AvgIpc) is 2.50. The summed E-state index contributed by atoms with van der Waals surface area (Å²) in [7, 11) is 0. The van der Waals surface area contributed by atoms with Gasteiger partial charge in [-0.1, -0.05) is 12.8 Å². The highest BCUT2D eigenvalue weighted by Crippen LogP contribution is 2.12. The van der Waals surface area contributed by atoms with E-state index in [9.17, 15) is 0 Å². The summed E-state index contributed by atoms with van der Waals surface area (Å²) in [5.41, 5.74) is 0. The highest BCUT2D eigenvalue weighted by molar-refractivity contribution is 9.23. The van der Waals surface area contributed by atoms with Gasteiger partial charge in [0.05, 0.1) is 13.2 Å². The van der Waals surface area contributed by atoms with Crippen molar-refractivity contribution in [3.8, 4) is 0 Å². The molecule has 0 aromatic heterocycles. The summed E-state index contributed by atoms with van der Waals surface area (Å²) in [5.74, 6) is 0. The summed E-state index contributed by atoms with van der Waals surface area (Å²) in [6, 6.07) is 0. The predicted octanol–water partition coefficient (Wildman–Crippen LogP) is 1.96. The van der Waals surface area contributed by atoms with Gasteiger partial charge >= 0.3 is 18.2 Å². The first kappa shape index (κ1) is 10.2. The number of ether oxygens (including phenoxy) is 2.